The fourth-order valence-corrected chi connectivity index (χ4v) is 2.61. The average Bonchev–Trinajstić information content (AvgIpc) is 2.53. The van der Waals surface area contributed by atoms with Gasteiger partial charge < -0.3 is 5.11 Å². The van der Waals surface area contributed by atoms with Gasteiger partial charge in [0.2, 0.25) is 0 Å². The van der Waals surface area contributed by atoms with Crippen molar-refractivity contribution >= 4 is 21.7 Å². The lowest BCUT2D eigenvalue weighted by molar-refractivity contribution is 0.0941. The number of carbonyl (C=O) groups excluding carboxylic acids is 2. The number of rotatable bonds is 5. The summed E-state index contributed by atoms with van der Waals surface area (Å²) in [6, 6.07) is 11.0. The number of sulfonamides is 1. The molecule has 23 heavy (non-hydrogen) atoms. The van der Waals surface area contributed by atoms with E-state index in [1.165, 1.54) is 55.5 Å². The minimum Gasteiger partial charge on any atom is -0.507 e. The largest absolute Gasteiger partial charge is 0.507 e. The van der Waals surface area contributed by atoms with Gasteiger partial charge in [-0.2, -0.15) is 0 Å². The first-order chi connectivity index (χ1) is 10.8. The molecule has 0 aliphatic heterocycles. The molecule has 2 aromatic carbocycles. The third kappa shape index (κ3) is 3.93. The van der Waals surface area contributed by atoms with Crippen LogP contribution in [-0.4, -0.2) is 25.2 Å². The SMILES string of the molecule is CC(=O)c1ccc(S(=O)(=O)NNC(=O)c2ccccc2O)cc1. The molecule has 0 fully saturated rings. The summed E-state index contributed by atoms with van der Waals surface area (Å²) in [7, 11) is -3.99. The number of carbonyl (C=O) groups is 2. The number of nitrogens with one attached hydrogen (secondary N) is 2. The molecule has 0 spiro atoms. The summed E-state index contributed by atoms with van der Waals surface area (Å²) in [6.07, 6.45) is 0. The van der Waals surface area contributed by atoms with Crippen molar-refractivity contribution < 1.29 is 23.1 Å². The van der Waals surface area contributed by atoms with Crippen molar-refractivity contribution in [3.05, 3.63) is 59.7 Å². The number of phenolic OH excluding ortho intramolecular Hbond substituents is 1. The molecule has 0 aromatic heterocycles. The number of para-hydroxylation sites is 1. The van der Waals surface area contributed by atoms with Gasteiger partial charge in [-0.05, 0) is 31.2 Å². The van der Waals surface area contributed by atoms with Crippen LogP contribution in [0.4, 0.5) is 0 Å². The predicted octanol–water partition coefficient (Wildman–Crippen LogP) is 1.22. The number of Topliss-reactive ketones (excluding diaryl/α,β-unsaturated/α-hetero) is 1. The molecule has 0 saturated heterocycles. The van der Waals surface area contributed by atoms with Crippen LogP contribution >= 0.6 is 0 Å². The van der Waals surface area contributed by atoms with Gasteiger partial charge in [-0.1, -0.05) is 24.3 Å². The monoisotopic (exact) mass is 334 g/mol. The Kier molecular flexibility index (Phi) is 4.77. The fraction of sp³-hybridized carbons (Fsp3) is 0.0667. The number of ketones is 1. The van der Waals surface area contributed by atoms with Crippen LogP contribution < -0.4 is 10.3 Å². The van der Waals surface area contributed by atoms with Gasteiger partial charge in [-0.15, -0.1) is 4.83 Å². The Morgan fingerprint density at radius 1 is 1.00 bits per heavy atom. The van der Waals surface area contributed by atoms with E-state index in [0.717, 1.165) is 0 Å². The zero-order valence-corrected chi connectivity index (χ0v) is 12.9. The normalized spacial score (nSPS) is 11.0. The first-order valence-corrected chi connectivity index (χ1v) is 8.01. The molecule has 0 aliphatic carbocycles. The topological polar surface area (TPSA) is 113 Å². The van der Waals surface area contributed by atoms with E-state index in [1.54, 1.807) is 0 Å². The maximum Gasteiger partial charge on any atom is 0.269 e. The first kappa shape index (κ1) is 16.7. The smallest absolute Gasteiger partial charge is 0.269 e. The number of benzene rings is 2. The molecule has 3 N–H and O–H groups in total. The molecule has 0 aliphatic rings. The predicted molar refractivity (Wildman–Crippen MR) is 82.3 cm³/mol. The summed E-state index contributed by atoms with van der Waals surface area (Å²) in [5.41, 5.74) is 2.32. The number of hydrazine groups is 1. The van der Waals surface area contributed by atoms with Gasteiger partial charge in [0.1, 0.15) is 5.75 Å². The Hall–Kier alpha value is -2.71. The van der Waals surface area contributed by atoms with Crippen LogP contribution in [0.5, 0.6) is 5.75 Å². The first-order valence-electron chi connectivity index (χ1n) is 6.52. The van der Waals surface area contributed by atoms with E-state index >= 15 is 0 Å². The molecular weight excluding hydrogens is 320 g/mol. The second-order valence-electron chi connectivity index (χ2n) is 4.66. The van der Waals surface area contributed by atoms with Crippen molar-refractivity contribution in [3.63, 3.8) is 0 Å². The van der Waals surface area contributed by atoms with E-state index < -0.39 is 15.9 Å². The molecule has 0 bridgehead atoms. The highest BCUT2D eigenvalue weighted by molar-refractivity contribution is 7.89. The molecule has 0 heterocycles. The minimum atomic E-state index is -3.99. The molecule has 0 atom stereocenters. The van der Waals surface area contributed by atoms with Crippen LogP contribution in [0.2, 0.25) is 0 Å². The number of phenols is 1. The third-order valence-corrected chi connectivity index (χ3v) is 4.28. The Morgan fingerprint density at radius 2 is 1.61 bits per heavy atom. The van der Waals surface area contributed by atoms with E-state index in [0.29, 0.717) is 5.56 Å². The van der Waals surface area contributed by atoms with Crippen molar-refractivity contribution in [2.75, 3.05) is 0 Å². The van der Waals surface area contributed by atoms with Crippen LogP contribution in [0.1, 0.15) is 27.6 Å². The van der Waals surface area contributed by atoms with E-state index in [1.807, 2.05) is 10.3 Å². The quantitative estimate of drug-likeness (QED) is 0.562. The average molecular weight is 334 g/mol. The lowest BCUT2D eigenvalue weighted by Crippen LogP contribution is -2.41. The van der Waals surface area contributed by atoms with Crippen molar-refractivity contribution in [1.82, 2.24) is 10.3 Å². The molecular formula is C15H14N2O5S. The Balaban J connectivity index is 2.11. The van der Waals surface area contributed by atoms with Gasteiger partial charge in [-0.25, -0.2) is 8.42 Å². The number of amides is 1. The van der Waals surface area contributed by atoms with Gasteiger partial charge in [0.15, 0.2) is 5.78 Å². The molecule has 8 heteroatoms. The van der Waals surface area contributed by atoms with Crippen molar-refractivity contribution in [2.24, 2.45) is 0 Å². The van der Waals surface area contributed by atoms with Gasteiger partial charge in [-0.3, -0.25) is 15.0 Å². The molecule has 7 nitrogen and oxygen atoms in total. The Labute approximate surface area is 133 Å². The van der Waals surface area contributed by atoms with Gasteiger partial charge in [0.25, 0.3) is 15.9 Å². The maximum absolute atomic E-state index is 12.1. The van der Waals surface area contributed by atoms with E-state index in [2.05, 4.69) is 0 Å². The molecule has 1 amide bonds. The number of aromatic hydroxyl groups is 1. The van der Waals surface area contributed by atoms with Crippen molar-refractivity contribution in [3.8, 4) is 5.75 Å². The maximum atomic E-state index is 12.1. The van der Waals surface area contributed by atoms with Crippen LogP contribution in [0.15, 0.2) is 53.4 Å². The van der Waals surface area contributed by atoms with Gasteiger partial charge >= 0.3 is 0 Å². The zero-order chi connectivity index (χ0) is 17.0. The highest BCUT2D eigenvalue weighted by atomic mass is 32.2. The zero-order valence-electron chi connectivity index (χ0n) is 12.1. The van der Waals surface area contributed by atoms with Gasteiger partial charge in [0, 0.05) is 5.56 Å². The highest BCUT2D eigenvalue weighted by Gasteiger charge is 2.17. The summed E-state index contributed by atoms with van der Waals surface area (Å²) < 4.78 is 24.1. The lowest BCUT2D eigenvalue weighted by Gasteiger charge is -2.09. The van der Waals surface area contributed by atoms with Crippen LogP contribution in [0, 0.1) is 0 Å². The summed E-state index contributed by atoms with van der Waals surface area (Å²) in [4.78, 5) is 24.8. The third-order valence-electron chi connectivity index (χ3n) is 3.02. The molecule has 2 aromatic rings. The fourth-order valence-electron chi connectivity index (χ4n) is 1.77. The molecule has 120 valence electrons. The molecule has 0 unspecified atom stereocenters. The number of hydrogen-bond acceptors (Lipinski definition) is 5. The van der Waals surface area contributed by atoms with Crippen LogP contribution in [0.25, 0.3) is 0 Å². The van der Waals surface area contributed by atoms with Gasteiger partial charge in [0.05, 0.1) is 10.5 Å². The second-order valence-corrected chi connectivity index (χ2v) is 6.34. The lowest BCUT2D eigenvalue weighted by atomic mass is 10.2. The Bertz CT molecular complexity index is 844. The van der Waals surface area contributed by atoms with Crippen molar-refractivity contribution in [2.45, 2.75) is 11.8 Å². The van der Waals surface area contributed by atoms with Crippen molar-refractivity contribution in [1.29, 1.82) is 0 Å². The Morgan fingerprint density at radius 3 is 2.17 bits per heavy atom. The number of hydrogen-bond donors (Lipinski definition) is 3. The van der Waals surface area contributed by atoms with E-state index in [9.17, 15) is 23.1 Å². The minimum absolute atomic E-state index is 0.0675. The summed E-state index contributed by atoms with van der Waals surface area (Å²) in [6.45, 7) is 1.37. The second kappa shape index (κ2) is 6.59. The molecule has 0 radical (unpaired) electrons. The van der Waals surface area contributed by atoms with Crippen LogP contribution in [0.3, 0.4) is 0 Å². The summed E-state index contributed by atoms with van der Waals surface area (Å²) in [5.74, 6) is -1.25. The van der Waals surface area contributed by atoms with Crippen LogP contribution in [-0.2, 0) is 10.0 Å². The summed E-state index contributed by atoms with van der Waals surface area (Å²) in [5, 5.41) is 9.54. The summed E-state index contributed by atoms with van der Waals surface area (Å²) >= 11 is 0. The van der Waals surface area contributed by atoms with E-state index in [-0.39, 0.29) is 22.0 Å². The standard InChI is InChI=1S/C15H14N2O5S/c1-10(18)11-6-8-12(9-7-11)23(21,22)17-16-15(20)13-4-2-3-5-14(13)19/h2-9,17,19H,1H3,(H,16,20). The molecule has 0 saturated carbocycles. The molecule has 2 rings (SSSR count). The van der Waals surface area contributed by atoms with E-state index in [4.69, 9.17) is 0 Å². The highest BCUT2D eigenvalue weighted by Crippen LogP contribution is 2.15.